The molecule has 108 valence electrons. The van der Waals surface area contributed by atoms with Crippen molar-refractivity contribution in [3.8, 4) is 0 Å². The van der Waals surface area contributed by atoms with E-state index in [-0.39, 0.29) is 0 Å². The molecule has 0 aromatic heterocycles. The third-order valence-corrected chi connectivity index (χ3v) is 4.13. The average molecular weight is 254 g/mol. The summed E-state index contributed by atoms with van der Waals surface area (Å²) in [5.74, 6) is 0.854. The molecule has 2 heteroatoms. The van der Waals surface area contributed by atoms with E-state index in [0.717, 1.165) is 12.0 Å². The van der Waals surface area contributed by atoms with Gasteiger partial charge >= 0.3 is 0 Å². The summed E-state index contributed by atoms with van der Waals surface area (Å²) in [6.45, 7) is 12.0. The quantitative estimate of drug-likeness (QED) is 0.535. The summed E-state index contributed by atoms with van der Waals surface area (Å²) >= 11 is 0. The van der Waals surface area contributed by atoms with Gasteiger partial charge in [0, 0.05) is 12.6 Å². The van der Waals surface area contributed by atoms with Gasteiger partial charge in [-0.1, -0.05) is 40.0 Å². The van der Waals surface area contributed by atoms with E-state index in [4.69, 9.17) is 0 Å². The molecule has 1 rings (SSSR count). The SMILES string of the molecule is CCC(C)CN(CC)CCCCCCNC1CC1. The van der Waals surface area contributed by atoms with Crippen molar-refractivity contribution in [3.63, 3.8) is 0 Å². The summed E-state index contributed by atoms with van der Waals surface area (Å²) in [4.78, 5) is 2.62. The molecule has 1 aliphatic carbocycles. The van der Waals surface area contributed by atoms with Crippen molar-refractivity contribution >= 4 is 0 Å². The summed E-state index contributed by atoms with van der Waals surface area (Å²) in [7, 11) is 0. The van der Waals surface area contributed by atoms with Crippen molar-refractivity contribution in [2.24, 2.45) is 5.92 Å². The number of nitrogens with zero attached hydrogens (tertiary/aromatic N) is 1. The van der Waals surface area contributed by atoms with Crippen molar-refractivity contribution in [1.29, 1.82) is 0 Å². The molecule has 2 nitrogen and oxygen atoms in total. The number of hydrogen-bond acceptors (Lipinski definition) is 2. The fraction of sp³-hybridized carbons (Fsp3) is 1.00. The summed E-state index contributed by atoms with van der Waals surface area (Å²) in [5.41, 5.74) is 0. The molecule has 0 spiro atoms. The van der Waals surface area contributed by atoms with Crippen molar-refractivity contribution in [1.82, 2.24) is 10.2 Å². The molecule has 0 saturated heterocycles. The Morgan fingerprint density at radius 3 is 2.44 bits per heavy atom. The van der Waals surface area contributed by atoms with Crippen molar-refractivity contribution in [3.05, 3.63) is 0 Å². The lowest BCUT2D eigenvalue weighted by molar-refractivity contribution is 0.240. The highest BCUT2D eigenvalue weighted by Gasteiger charge is 2.19. The van der Waals surface area contributed by atoms with Crippen molar-refractivity contribution < 1.29 is 0 Å². The smallest absolute Gasteiger partial charge is 0.00682 e. The van der Waals surface area contributed by atoms with Gasteiger partial charge in [0.1, 0.15) is 0 Å². The third kappa shape index (κ3) is 8.10. The largest absolute Gasteiger partial charge is 0.314 e. The summed E-state index contributed by atoms with van der Waals surface area (Å²) in [6.07, 6.45) is 9.71. The molecule has 0 heterocycles. The Balaban J connectivity index is 1.87. The normalized spacial score (nSPS) is 17.3. The van der Waals surface area contributed by atoms with E-state index in [2.05, 4.69) is 31.0 Å². The van der Waals surface area contributed by atoms with E-state index < -0.39 is 0 Å². The van der Waals surface area contributed by atoms with Crippen LogP contribution in [0.25, 0.3) is 0 Å². The minimum atomic E-state index is 0.854. The molecule has 0 bridgehead atoms. The van der Waals surface area contributed by atoms with Crippen LogP contribution in [0.3, 0.4) is 0 Å². The zero-order chi connectivity index (χ0) is 13.2. The predicted octanol–water partition coefficient (Wildman–Crippen LogP) is 3.67. The summed E-state index contributed by atoms with van der Waals surface area (Å²) < 4.78 is 0. The summed E-state index contributed by atoms with van der Waals surface area (Å²) in [6, 6.07) is 0.885. The van der Waals surface area contributed by atoms with Gasteiger partial charge in [-0.25, -0.2) is 0 Å². The van der Waals surface area contributed by atoms with Gasteiger partial charge in [-0.2, -0.15) is 0 Å². The van der Waals surface area contributed by atoms with Gasteiger partial charge in [0.2, 0.25) is 0 Å². The molecule has 18 heavy (non-hydrogen) atoms. The fourth-order valence-corrected chi connectivity index (χ4v) is 2.36. The number of hydrogen-bond donors (Lipinski definition) is 1. The predicted molar refractivity (Wildman–Crippen MR) is 81.1 cm³/mol. The standard InChI is InChI=1S/C16H34N2/c1-4-15(3)14-18(5-2)13-9-7-6-8-12-17-16-10-11-16/h15-17H,4-14H2,1-3H3. The maximum Gasteiger partial charge on any atom is 0.00682 e. The highest BCUT2D eigenvalue weighted by Crippen LogP contribution is 2.18. The first-order valence-corrected chi connectivity index (χ1v) is 8.22. The van der Waals surface area contributed by atoms with Gasteiger partial charge in [0.25, 0.3) is 0 Å². The summed E-state index contributed by atoms with van der Waals surface area (Å²) in [5, 5.41) is 3.59. The highest BCUT2D eigenvalue weighted by molar-refractivity contribution is 4.80. The Hall–Kier alpha value is -0.0800. The first-order chi connectivity index (χ1) is 8.76. The monoisotopic (exact) mass is 254 g/mol. The first kappa shape index (κ1) is 16.0. The molecule has 0 aromatic rings. The lowest BCUT2D eigenvalue weighted by Crippen LogP contribution is -2.29. The number of rotatable bonds is 12. The molecule has 1 fully saturated rings. The van der Waals surface area contributed by atoms with E-state index in [0.29, 0.717) is 0 Å². The Kier molecular flexibility index (Phi) is 8.70. The van der Waals surface area contributed by atoms with Gasteiger partial charge in [-0.05, 0) is 51.2 Å². The fourth-order valence-electron chi connectivity index (χ4n) is 2.36. The zero-order valence-corrected chi connectivity index (χ0v) is 12.9. The number of unbranched alkanes of at least 4 members (excludes halogenated alkanes) is 3. The average Bonchev–Trinajstić information content (AvgIpc) is 3.19. The van der Waals surface area contributed by atoms with Gasteiger partial charge < -0.3 is 10.2 Å². The molecule has 0 aliphatic heterocycles. The Morgan fingerprint density at radius 1 is 1.11 bits per heavy atom. The molecular weight excluding hydrogens is 220 g/mol. The van der Waals surface area contributed by atoms with Crippen molar-refractivity contribution in [2.45, 2.75) is 71.8 Å². The second-order valence-corrected chi connectivity index (χ2v) is 6.05. The Bertz CT molecular complexity index is 190. The van der Waals surface area contributed by atoms with E-state index in [1.54, 1.807) is 0 Å². The molecular formula is C16H34N2. The van der Waals surface area contributed by atoms with Crippen LogP contribution in [0.2, 0.25) is 0 Å². The van der Waals surface area contributed by atoms with Crippen LogP contribution in [-0.4, -0.2) is 37.1 Å². The molecule has 1 saturated carbocycles. The minimum Gasteiger partial charge on any atom is -0.314 e. The van der Waals surface area contributed by atoms with Crippen LogP contribution in [0, 0.1) is 5.92 Å². The van der Waals surface area contributed by atoms with Crippen LogP contribution < -0.4 is 5.32 Å². The Morgan fingerprint density at radius 2 is 1.83 bits per heavy atom. The molecule has 1 atom stereocenters. The Labute approximate surface area is 115 Å². The topological polar surface area (TPSA) is 15.3 Å². The minimum absolute atomic E-state index is 0.854. The van der Waals surface area contributed by atoms with Crippen LogP contribution in [0.5, 0.6) is 0 Å². The molecule has 0 amide bonds. The lowest BCUT2D eigenvalue weighted by atomic mass is 10.1. The molecule has 0 radical (unpaired) electrons. The molecule has 1 N–H and O–H groups in total. The second kappa shape index (κ2) is 9.80. The lowest BCUT2D eigenvalue weighted by Gasteiger charge is -2.23. The number of nitrogens with one attached hydrogen (secondary N) is 1. The van der Waals surface area contributed by atoms with Crippen LogP contribution in [0.15, 0.2) is 0 Å². The van der Waals surface area contributed by atoms with E-state index >= 15 is 0 Å². The van der Waals surface area contributed by atoms with Crippen molar-refractivity contribution in [2.75, 3.05) is 26.2 Å². The van der Waals surface area contributed by atoms with Gasteiger partial charge in [0.15, 0.2) is 0 Å². The first-order valence-electron chi connectivity index (χ1n) is 8.22. The van der Waals surface area contributed by atoms with Crippen LogP contribution in [0.4, 0.5) is 0 Å². The second-order valence-electron chi connectivity index (χ2n) is 6.05. The molecule has 0 aromatic carbocycles. The van der Waals surface area contributed by atoms with E-state index in [1.165, 1.54) is 71.1 Å². The maximum absolute atomic E-state index is 3.59. The van der Waals surface area contributed by atoms with Gasteiger partial charge in [-0.15, -0.1) is 0 Å². The molecule has 1 aliphatic rings. The molecule has 1 unspecified atom stereocenters. The highest BCUT2D eigenvalue weighted by atomic mass is 15.1. The third-order valence-electron chi connectivity index (χ3n) is 4.13. The zero-order valence-electron chi connectivity index (χ0n) is 12.9. The maximum atomic E-state index is 3.59. The van der Waals surface area contributed by atoms with Crippen LogP contribution in [-0.2, 0) is 0 Å². The van der Waals surface area contributed by atoms with Gasteiger partial charge in [-0.3, -0.25) is 0 Å². The van der Waals surface area contributed by atoms with Crippen LogP contribution in [0.1, 0.15) is 65.7 Å². The van der Waals surface area contributed by atoms with E-state index in [1.807, 2.05) is 0 Å². The van der Waals surface area contributed by atoms with E-state index in [9.17, 15) is 0 Å². The van der Waals surface area contributed by atoms with Gasteiger partial charge in [0.05, 0.1) is 0 Å². The van der Waals surface area contributed by atoms with Crippen LogP contribution >= 0.6 is 0 Å².